The van der Waals surface area contributed by atoms with Crippen LogP contribution in [-0.2, 0) is 0 Å². The molecule has 0 bridgehead atoms. The molecule has 1 rings (SSSR count). The van der Waals surface area contributed by atoms with Gasteiger partial charge in [-0.3, -0.25) is 0 Å². The SMILES string of the molecule is CCC(=Cc1ccc(F)cc1F)CNC(C)C. The Balaban J connectivity index is 2.82. The molecule has 1 aromatic rings. The van der Waals surface area contributed by atoms with Crippen LogP contribution in [0.15, 0.2) is 23.8 Å². The number of hydrogen-bond acceptors (Lipinski definition) is 1. The molecule has 0 unspecified atom stereocenters. The summed E-state index contributed by atoms with van der Waals surface area (Å²) in [6.45, 7) is 6.87. The monoisotopic (exact) mass is 239 g/mol. The Labute approximate surface area is 102 Å². The van der Waals surface area contributed by atoms with E-state index < -0.39 is 11.6 Å². The van der Waals surface area contributed by atoms with Crippen molar-refractivity contribution in [3.63, 3.8) is 0 Å². The third kappa shape index (κ3) is 4.65. The molecule has 0 heterocycles. The van der Waals surface area contributed by atoms with E-state index in [4.69, 9.17) is 0 Å². The molecule has 0 atom stereocenters. The van der Waals surface area contributed by atoms with Gasteiger partial charge in [0.1, 0.15) is 11.6 Å². The van der Waals surface area contributed by atoms with Gasteiger partial charge in [0.15, 0.2) is 0 Å². The van der Waals surface area contributed by atoms with Gasteiger partial charge < -0.3 is 5.32 Å². The Kier molecular flexibility index (Phi) is 5.29. The largest absolute Gasteiger partial charge is 0.311 e. The van der Waals surface area contributed by atoms with Gasteiger partial charge in [0.05, 0.1) is 0 Å². The van der Waals surface area contributed by atoms with Gasteiger partial charge in [-0.15, -0.1) is 0 Å². The highest BCUT2D eigenvalue weighted by atomic mass is 19.1. The molecule has 0 amide bonds. The third-order valence-electron chi connectivity index (χ3n) is 2.51. The Morgan fingerprint density at radius 2 is 2.06 bits per heavy atom. The molecule has 0 saturated carbocycles. The van der Waals surface area contributed by atoms with E-state index in [0.29, 0.717) is 11.6 Å². The van der Waals surface area contributed by atoms with E-state index in [9.17, 15) is 8.78 Å². The quantitative estimate of drug-likeness (QED) is 0.825. The maximum atomic E-state index is 13.4. The standard InChI is InChI=1S/C14H19F2N/c1-4-11(9-17-10(2)3)7-12-5-6-13(15)8-14(12)16/h5-8,10,17H,4,9H2,1-3H3. The number of halogens is 2. The average molecular weight is 239 g/mol. The van der Waals surface area contributed by atoms with E-state index in [1.165, 1.54) is 12.1 Å². The van der Waals surface area contributed by atoms with E-state index >= 15 is 0 Å². The Bertz CT molecular complexity index is 397. The summed E-state index contributed by atoms with van der Waals surface area (Å²) in [5.74, 6) is -1.06. The summed E-state index contributed by atoms with van der Waals surface area (Å²) in [5.41, 5.74) is 1.54. The van der Waals surface area contributed by atoms with E-state index in [-0.39, 0.29) is 0 Å². The summed E-state index contributed by atoms with van der Waals surface area (Å²) < 4.78 is 26.2. The second-order valence-corrected chi connectivity index (χ2v) is 4.36. The fourth-order valence-corrected chi connectivity index (χ4v) is 1.45. The van der Waals surface area contributed by atoms with E-state index in [0.717, 1.165) is 24.6 Å². The maximum Gasteiger partial charge on any atom is 0.133 e. The van der Waals surface area contributed by atoms with E-state index in [1.54, 1.807) is 6.08 Å². The second kappa shape index (κ2) is 6.50. The minimum Gasteiger partial charge on any atom is -0.311 e. The van der Waals surface area contributed by atoms with Crippen molar-refractivity contribution in [2.75, 3.05) is 6.54 Å². The minimum absolute atomic E-state index is 0.392. The van der Waals surface area contributed by atoms with Crippen LogP contribution < -0.4 is 5.32 Å². The summed E-state index contributed by atoms with van der Waals surface area (Å²) in [7, 11) is 0. The topological polar surface area (TPSA) is 12.0 Å². The van der Waals surface area contributed by atoms with Crippen LogP contribution in [0.2, 0.25) is 0 Å². The minimum atomic E-state index is -0.544. The Morgan fingerprint density at radius 3 is 2.59 bits per heavy atom. The molecule has 94 valence electrons. The molecule has 0 aliphatic heterocycles. The number of nitrogens with one attached hydrogen (secondary N) is 1. The van der Waals surface area contributed by atoms with Crippen LogP contribution >= 0.6 is 0 Å². The molecular weight excluding hydrogens is 220 g/mol. The van der Waals surface area contributed by atoms with Crippen molar-refractivity contribution < 1.29 is 8.78 Å². The summed E-state index contributed by atoms with van der Waals surface area (Å²) >= 11 is 0. The fraction of sp³-hybridized carbons (Fsp3) is 0.429. The summed E-state index contributed by atoms with van der Waals surface area (Å²) in [4.78, 5) is 0. The Hall–Kier alpha value is -1.22. The van der Waals surface area contributed by atoms with Crippen LogP contribution in [0.5, 0.6) is 0 Å². The lowest BCUT2D eigenvalue weighted by atomic mass is 10.1. The highest BCUT2D eigenvalue weighted by Crippen LogP contribution is 2.14. The normalized spacial score (nSPS) is 12.2. The summed E-state index contributed by atoms with van der Waals surface area (Å²) in [5, 5.41) is 3.28. The number of benzene rings is 1. The molecule has 0 aliphatic carbocycles. The molecular formula is C14H19F2N. The van der Waals surface area contributed by atoms with Gasteiger partial charge >= 0.3 is 0 Å². The van der Waals surface area contributed by atoms with Crippen LogP contribution in [-0.4, -0.2) is 12.6 Å². The molecule has 1 aromatic carbocycles. The van der Waals surface area contributed by atoms with Crippen molar-refractivity contribution in [3.05, 3.63) is 41.0 Å². The molecule has 0 spiro atoms. The molecule has 3 heteroatoms. The first-order valence-electron chi connectivity index (χ1n) is 5.90. The molecule has 1 N–H and O–H groups in total. The predicted octanol–water partition coefficient (Wildman–Crippen LogP) is 3.76. The molecule has 17 heavy (non-hydrogen) atoms. The molecule has 0 aromatic heterocycles. The van der Waals surface area contributed by atoms with Crippen molar-refractivity contribution in [2.24, 2.45) is 0 Å². The van der Waals surface area contributed by atoms with Gasteiger partial charge in [-0.25, -0.2) is 8.78 Å². The smallest absolute Gasteiger partial charge is 0.133 e. The first-order chi connectivity index (χ1) is 8.02. The summed E-state index contributed by atoms with van der Waals surface area (Å²) in [6, 6.07) is 4.05. The lowest BCUT2D eigenvalue weighted by molar-refractivity contribution is 0.581. The zero-order valence-corrected chi connectivity index (χ0v) is 10.6. The first kappa shape index (κ1) is 13.8. The highest BCUT2D eigenvalue weighted by molar-refractivity contribution is 5.53. The zero-order chi connectivity index (χ0) is 12.8. The highest BCUT2D eigenvalue weighted by Gasteiger charge is 2.03. The van der Waals surface area contributed by atoms with Gasteiger partial charge in [-0.1, -0.05) is 32.4 Å². The van der Waals surface area contributed by atoms with Gasteiger partial charge in [-0.2, -0.15) is 0 Å². The fourth-order valence-electron chi connectivity index (χ4n) is 1.45. The second-order valence-electron chi connectivity index (χ2n) is 4.36. The zero-order valence-electron chi connectivity index (χ0n) is 10.6. The number of hydrogen-bond donors (Lipinski definition) is 1. The van der Waals surface area contributed by atoms with Crippen LogP contribution in [0.1, 0.15) is 32.8 Å². The van der Waals surface area contributed by atoms with E-state index in [2.05, 4.69) is 19.2 Å². The summed E-state index contributed by atoms with van der Waals surface area (Å²) in [6.07, 6.45) is 2.63. The van der Waals surface area contributed by atoms with Crippen LogP contribution in [0.4, 0.5) is 8.78 Å². The predicted molar refractivity (Wildman–Crippen MR) is 67.8 cm³/mol. The maximum absolute atomic E-state index is 13.4. The van der Waals surface area contributed by atoms with Crippen LogP contribution in [0.25, 0.3) is 6.08 Å². The Morgan fingerprint density at radius 1 is 1.35 bits per heavy atom. The van der Waals surface area contributed by atoms with Gasteiger partial charge in [0.2, 0.25) is 0 Å². The lowest BCUT2D eigenvalue weighted by Crippen LogP contribution is -2.24. The van der Waals surface area contributed by atoms with Crippen molar-refractivity contribution >= 4 is 6.08 Å². The number of rotatable bonds is 5. The van der Waals surface area contributed by atoms with Crippen molar-refractivity contribution in [3.8, 4) is 0 Å². The van der Waals surface area contributed by atoms with Crippen LogP contribution in [0.3, 0.4) is 0 Å². The van der Waals surface area contributed by atoms with Gasteiger partial charge in [0, 0.05) is 24.2 Å². The van der Waals surface area contributed by atoms with Gasteiger partial charge in [-0.05, 0) is 18.6 Å². The third-order valence-corrected chi connectivity index (χ3v) is 2.51. The van der Waals surface area contributed by atoms with Gasteiger partial charge in [0.25, 0.3) is 0 Å². The average Bonchev–Trinajstić information content (AvgIpc) is 2.26. The lowest BCUT2D eigenvalue weighted by Gasteiger charge is -2.10. The van der Waals surface area contributed by atoms with Crippen molar-refractivity contribution in [1.29, 1.82) is 0 Å². The van der Waals surface area contributed by atoms with E-state index in [1.807, 2.05) is 6.92 Å². The molecule has 1 nitrogen and oxygen atoms in total. The molecule has 0 fully saturated rings. The molecule has 0 saturated heterocycles. The molecule has 0 radical (unpaired) electrons. The van der Waals surface area contributed by atoms with Crippen LogP contribution in [0, 0.1) is 11.6 Å². The van der Waals surface area contributed by atoms with Crippen molar-refractivity contribution in [2.45, 2.75) is 33.2 Å². The van der Waals surface area contributed by atoms with Crippen molar-refractivity contribution in [1.82, 2.24) is 5.32 Å². The first-order valence-corrected chi connectivity index (χ1v) is 5.90. The molecule has 0 aliphatic rings.